The third-order valence-corrected chi connectivity index (χ3v) is 2.82. The minimum Gasteiger partial charge on any atom is -0.454 e. The van der Waals surface area contributed by atoms with Crippen molar-refractivity contribution in [3.05, 3.63) is 0 Å². The van der Waals surface area contributed by atoms with Gasteiger partial charge in [0.1, 0.15) is 0 Å². The maximum atomic E-state index is 10.2. The molecule has 0 aliphatic carbocycles. The van der Waals surface area contributed by atoms with E-state index in [2.05, 4.69) is 11.7 Å². The van der Waals surface area contributed by atoms with Gasteiger partial charge < -0.3 is 4.74 Å². The van der Waals surface area contributed by atoms with Gasteiger partial charge in [0.2, 0.25) is 0 Å². The highest BCUT2D eigenvalue weighted by molar-refractivity contribution is 6.61. The van der Waals surface area contributed by atoms with E-state index in [1.807, 2.05) is 0 Å². The normalized spacial score (nSPS) is 10.4. The van der Waals surface area contributed by atoms with Gasteiger partial charge in [-0.3, -0.25) is 0 Å². The summed E-state index contributed by atoms with van der Waals surface area (Å²) >= 11 is 5.04. The molecule has 0 aromatic heterocycles. The quantitative estimate of drug-likeness (QED) is 0.367. The van der Waals surface area contributed by atoms with Crippen molar-refractivity contribution in [2.45, 2.75) is 71.1 Å². The van der Waals surface area contributed by atoms with Gasteiger partial charge in [0.05, 0.1) is 6.61 Å². The van der Waals surface area contributed by atoms with E-state index in [9.17, 15) is 4.79 Å². The molecule has 0 atom stereocenters. The molecule has 0 saturated carbocycles. The molecule has 0 rings (SSSR count). The lowest BCUT2D eigenvalue weighted by atomic mass is 10.1. The van der Waals surface area contributed by atoms with E-state index in [1.165, 1.54) is 51.4 Å². The van der Waals surface area contributed by atoms with Gasteiger partial charge >= 0.3 is 5.43 Å². The maximum absolute atomic E-state index is 10.2. The van der Waals surface area contributed by atoms with Crippen molar-refractivity contribution in [2.24, 2.45) is 0 Å². The van der Waals surface area contributed by atoms with Crippen LogP contribution in [0.3, 0.4) is 0 Å². The average Bonchev–Trinajstić information content (AvgIpc) is 2.25. The van der Waals surface area contributed by atoms with Crippen molar-refractivity contribution in [3.63, 3.8) is 0 Å². The predicted molar refractivity (Wildman–Crippen MR) is 69.0 cm³/mol. The summed E-state index contributed by atoms with van der Waals surface area (Å²) in [5, 5.41) is 0. The minimum absolute atomic E-state index is 0.471. The van der Waals surface area contributed by atoms with Crippen LogP contribution < -0.4 is 0 Å². The Balaban J connectivity index is 2.90. The summed E-state index contributed by atoms with van der Waals surface area (Å²) in [6.45, 7) is 2.71. The van der Waals surface area contributed by atoms with Crippen LogP contribution in [0.4, 0.5) is 4.79 Å². The van der Waals surface area contributed by atoms with Crippen LogP contribution in [0.25, 0.3) is 0 Å². The molecule has 0 unspecified atom stereocenters. The van der Waals surface area contributed by atoms with Crippen LogP contribution in [0.2, 0.25) is 0 Å². The van der Waals surface area contributed by atoms with E-state index in [1.54, 1.807) is 0 Å². The van der Waals surface area contributed by atoms with Gasteiger partial charge in [-0.1, -0.05) is 64.7 Å². The Morgan fingerprint density at radius 3 is 1.75 bits per heavy atom. The third kappa shape index (κ3) is 13.8. The van der Waals surface area contributed by atoms with E-state index >= 15 is 0 Å². The van der Waals surface area contributed by atoms with Crippen molar-refractivity contribution in [3.8, 4) is 0 Å². The zero-order chi connectivity index (χ0) is 12.1. The highest BCUT2D eigenvalue weighted by atomic mass is 35.5. The van der Waals surface area contributed by atoms with E-state index < -0.39 is 5.43 Å². The minimum atomic E-state index is -0.684. The first kappa shape index (κ1) is 15.8. The highest BCUT2D eigenvalue weighted by Crippen LogP contribution is 2.10. The Kier molecular flexibility index (Phi) is 12.6. The molecule has 0 fully saturated rings. The molecule has 0 spiro atoms. The zero-order valence-electron chi connectivity index (χ0n) is 10.5. The lowest BCUT2D eigenvalue weighted by molar-refractivity contribution is 0.170. The maximum Gasteiger partial charge on any atom is 0.403 e. The number of rotatable bonds is 11. The van der Waals surface area contributed by atoms with Crippen LogP contribution in [0, 0.1) is 0 Å². The molecule has 0 amide bonds. The molecule has 16 heavy (non-hydrogen) atoms. The number of carbonyl (C=O) groups excluding carboxylic acids is 1. The summed E-state index contributed by atoms with van der Waals surface area (Å²) in [6, 6.07) is 0. The molecule has 0 aliphatic heterocycles. The van der Waals surface area contributed by atoms with Gasteiger partial charge in [-0.2, -0.15) is 0 Å². The molecule has 0 aliphatic rings. The lowest BCUT2D eigenvalue weighted by Gasteiger charge is -2.02. The molecule has 0 N–H and O–H groups in total. The summed E-state index contributed by atoms with van der Waals surface area (Å²) in [6.07, 6.45) is 12.8. The molecule has 0 radical (unpaired) electrons. The fraction of sp³-hybridized carbons (Fsp3) is 0.923. The van der Waals surface area contributed by atoms with Gasteiger partial charge in [0.25, 0.3) is 0 Å². The second kappa shape index (κ2) is 12.8. The SMILES string of the molecule is CCCCCCCCCCCCOC(=O)Cl. The average molecular weight is 249 g/mol. The zero-order valence-corrected chi connectivity index (χ0v) is 11.2. The molecular formula is C13H25ClO2. The van der Waals surface area contributed by atoms with Crippen molar-refractivity contribution >= 4 is 17.0 Å². The number of unbranched alkanes of at least 4 members (excludes halogenated alkanes) is 9. The van der Waals surface area contributed by atoms with E-state index in [0.29, 0.717) is 6.61 Å². The lowest BCUT2D eigenvalue weighted by Crippen LogP contribution is -1.96. The summed E-state index contributed by atoms with van der Waals surface area (Å²) in [4.78, 5) is 10.2. The molecular weight excluding hydrogens is 224 g/mol. The summed E-state index contributed by atoms with van der Waals surface area (Å²) in [5.41, 5.74) is -0.684. The topological polar surface area (TPSA) is 26.3 Å². The molecule has 0 aromatic rings. The molecule has 0 heterocycles. The smallest absolute Gasteiger partial charge is 0.403 e. The van der Waals surface area contributed by atoms with E-state index in [4.69, 9.17) is 11.6 Å². The summed E-state index contributed by atoms with van der Waals surface area (Å²) in [7, 11) is 0. The molecule has 2 nitrogen and oxygen atoms in total. The first-order valence-corrected chi connectivity index (χ1v) is 6.97. The highest BCUT2D eigenvalue weighted by Gasteiger charge is 1.95. The van der Waals surface area contributed by atoms with Crippen LogP contribution >= 0.6 is 11.6 Å². The Labute approximate surface area is 105 Å². The Morgan fingerprint density at radius 2 is 1.31 bits per heavy atom. The first-order chi connectivity index (χ1) is 7.77. The number of hydrogen-bond donors (Lipinski definition) is 0. The second-order valence-electron chi connectivity index (χ2n) is 4.27. The van der Waals surface area contributed by atoms with Crippen molar-refractivity contribution in [1.29, 1.82) is 0 Å². The first-order valence-electron chi connectivity index (χ1n) is 6.59. The van der Waals surface area contributed by atoms with Crippen LogP contribution in [0.15, 0.2) is 0 Å². The van der Waals surface area contributed by atoms with Gasteiger partial charge in [-0.15, -0.1) is 0 Å². The van der Waals surface area contributed by atoms with Crippen LogP contribution in [-0.2, 0) is 4.74 Å². The van der Waals surface area contributed by atoms with E-state index in [-0.39, 0.29) is 0 Å². The molecule has 3 heteroatoms. The Morgan fingerprint density at radius 1 is 0.875 bits per heavy atom. The largest absolute Gasteiger partial charge is 0.454 e. The number of ether oxygens (including phenoxy) is 1. The number of halogens is 1. The van der Waals surface area contributed by atoms with Crippen molar-refractivity contribution < 1.29 is 9.53 Å². The van der Waals surface area contributed by atoms with Crippen LogP contribution in [0.5, 0.6) is 0 Å². The molecule has 96 valence electrons. The van der Waals surface area contributed by atoms with Crippen molar-refractivity contribution in [2.75, 3.05) is 6.61 Å². The van der Waals surface area contributed by atoms with Crippen LogP contribution in [0.1, 0.15) is 71.1 Å². The Hall–Kier alpha value is -0.240. The van der Waals surface area contributed by atoms with E-state index in [0.717, 1.165) is 12.8 Å². The second-order valence-corrected chi connectivity index (χ2v) is 4.58. The Bertz CT molecular complexity index is 160. The monoisotopic (exact) mass is 248 g/mol. The van der Waals surface area contributed by atoms with Gasteiger partial charge in [0.15, 0.2) is 0 Å². The fourth-order valence-electron chi connectivity index (χ4n) is 1.74. The molecule has 0 saturated heterocycles. The van der Waals surface area contributed by atoms with Gasteiger partial charge in [-0.05, 0) is 6.42 Å². The van der Waals surface area contributed by atoms with Gasteiger partial charge in [-0.25, -0.2) is 4.79 Å². The predicted octanol–water partition coefficient (Wildman–Crippen LogP) is 5.28. The number of carbonyl (C=O) groups is 1. The standard InChI is InChI=1S/C13H25ClO2/c1-2-3-4-5-6-7-8-9-10-11-12-16-13(14)15/h2-12H2,1H3. The molecule has 0 aromatic carbocycles. The van der Waals surface area contributed by atoms with Crippen LogP contribution in [-0.4, -0.2) is 12.0 Å². The summed E-state index contributed by atoms with van der Waals surface area (Å²) in [5.74, 6) is 0. The summed E-state index contributed by atoms with van der Waals surface area (Å²) < 4.78 is 4.64. The fourth-order valence-corrected chi connectivity index (χ4v) is 1.82. The third-order valence-electron chi connectivity index (χ3n) is 2.71. The van der Waals surface area contributed by atoms with Crippen molar-refractivity contribution in [1.82, 2.24) is 0 Å². The molecule has 0 bridgehead atoms. The van der Waals surface area contributed by atoms with Gasteiger partial charge in [0, 0.05) is 11.6 Å². The number of hydrogen-bond acceptors (Lipinski definition) is 2.